The van der Waals surface area contributed by atoms with Gasteiger partial charge in [0.25, 0.3) is 5.95 Å². The maximum absolute atomic E-state index is 11.6. The fraction of sp³-hybridized carbons (Fsp3) is 0.870. The van der Waals surface area contributed by atoms with E-state index in [-0.39, 0.29) is 11.9 Å². The van der Waals surface area contributed by atoms with Crippen molar-refractivity contribution in [1.29, 1.82) is 0 Å². The predicted molar refractivity (Wildman–Crippen MR) is 111 cm³/mol. The van der Waals surface area contributed by atoms with Crippen LogP contribution in [-0.4, -0.2) is 12.6 Å². The van der Waals surface area contributed by atoms with E-state index >= 15 is 0 Å². The van der Waals surface area contributed by atoms with Crippen LogP contribution in [0.5, 0.6) is 0 Å². The number of esters is 1. The zero-order valence-corrected chi connectivity index (χ0v) is 17.7. The van der Waals surface area contributed by atoms with E-state index in [1.54, 1.807) is 0 Å². The van der Waals surface area contributed by atoms with E-state index in [0.717, 1.165) is 19.3 Å². The quantitative estimate of drug-likeness (QED) is 0.125. The maximum atomic E-state index is 11.6. The van der Waals surface area contributed by atoms with Crippen molar-refractivity contribution in [3.05, 3.63) is 12.5 Å². The van der Waals surface area contributed by atoms with E-state index in [9.17, 15) is 4.79 Å². The van der Waals surface area contributed by atoms with E-state index < -0.39 is 0 Å². The molecule has 154 valence electrons. The second kappa shape index (κ2) is 20.3. The third-order valence-corrected chi connectivity index (χ3v) is 4.68. The molecular weight excluding hydrogens is 324 g/mol. The monoisotopic (exact) mass is 368 g/mol. The van der Waals surface area contributed by atoms with Crippen molar-refractivity contribution in [3.63, 3.8) is 0 Å². The van der Waals surface area contributed by atoms with Gasteiger partial charge in [-0.1, -0.05) is 104 Å². The minimum Gasteiger partial charge on any atom is -0.466 e. The summed E-state index contributed by atoms with van der Waals surface area (Å²) in [5, 5.41) is 0. The summed E-state index contributed by atoms with van der Waals surface area (Å²) in [6.45, 7) is 8.41. The first kappa shape index (κ1) is 25.0. The number of hydrogen-bond acceptors (Lipinski definition) is 3. The van der Waals surface area contributed by atoms with Gasteiger partial charge >= 0.3 is 5.97 Å². The Morgan fingerprint density at radius 1 is 0.654 bits per heavy atom. The fourth-order valence-corrected chi connectivity index (χ4v) is 3.06. The van der Waals surface area contributed by atoms with Crippen LogP contribution in [0.4, 0.5) is 0 Å². The fourth-order valence-electron chi connectivity index (χ4n) is 3.06. The van der Waals surface area contributed by atoms with Crippen molar-refractivity contribution in [1.82, 2.24) is 0 Å². The van der Waals surface area contributed by atoms with Crippen LogP contribution >= 0.6 is 0 Å². The van der Waals surface area contributed by atoms with Crippen LogP contribution in [0.25, 0.3) is 0 Å². The highest BCUT2D eigenvalue weighted by Gasteiger charge is 2.05. The SMILES string of the molecule is C=C(OCCC)OC(=O)CCCCCCCCCCCCCCCCC. The molecule has 0 spiro atoms. The van der Waals surface area contributed by atoms with Gasteiger partial charge in [0.2, 0.25) is 0 Å². The Hall–Kier alpha value is -0.990. The second-order valence-corrected chi connectivity index (χ2v) is 7.39. The lowest BCUT2D eigenvalue weighted by atomic mass is 10.0. The minimum atomic E-state index is -0.221. The van der Waals surface area contributed by atoms with Crippen molar-refractivity contribution in [2.75, 3.05) is 6.61 Å². The molecule has 0 fully saturated rings. The van der Waals surface area contributed by atoms with Gasteiger partial charge in [0, 0.05) is 6.42 Å². The molecule has 0 aliphatic rings. The molecule has 0 heterocycles. The summed E-state index contributed by atoms with van der Waals surface area (Å²) >= 11 is 0. The molecule has 0 aliphatic carbocycles. The van der Waals surface area contributed by atoms with Gasteiger partial charge in [0.15, 0.2) is 0 Å². The molecular formula is C23H44O3. The van der Waals surface area contributed by atoms with Crippen LogP contribution in [-0.2, 0) is 14.3 Å². The first-order chi connectivity index (χ1) is 12.7. The van der Waals surface area contributed by atoms with Crippen LogP contribution in [0.1, 0.15) is 123 Å². The van der Waals surface area contributed by atoms with Gasteiger partial charge in [-0.15, -0.1) is 0 Å². The summed E-state index contributed by atoms with van der Waals surface area (Å²) in [5.74, 6) is -0.0846. The molecule has 0 N–H and O–H groups in total. The molecule has 0 atom stereocenters. The van der Waals surface area contributed by atoms with Gasteiger partial charge < -0.3 is 9.47 Å². The number of carbonyl (C=O) groups excluding carboxylic acids is 1. The lowest BCUT2D eigenvalue weighted by Crippen LogP contribution is -2.06. The zero-order valence-electron chi connectivity index (χ0n) is 17.7. The van der Waals surface area contributed by atoms with Gasteiger partial charge in [0.05, 0.1) is 6.61 Å². The number of rotatable bonds is 20. The summed E-state index contributed by atoms with van der Waals surface area (Å²) in [6.07, 6.45) is 21.2. The van der Waals surface area contributed by atoms with Crippen LogP contribution in [0.2, 0.25) is 0 Å². The average Bonchev–Trinajstić information content (AvgIpc) is 2.63. The largest absolute Gasteiger partial charge is 0.466 e. The van der Waals surface area contributed by atoms with E-state index in [2.05, 4.69) is 13.5 Å². The average molecular weight is 369 g/mol. The number of ether oxygens (including phenoxy) is 2. The summed E-state index contributed by atoms with van der Waals surface area (Å²) in [5.41, 5.74) is 0. The Bertz CT molecular complexity index is 325. The molecule has 0 aromatic rings. The van der Waals surface area contributed by atoms with Crippen LogP contribution in [0.3, 0.4) is 0 Å². The predicted octanol–water partition coefficient (Wildman–Crippen LogP) is 7.69. The van der Waals surface area contributed by atoms with Gasteiger partial charge in [-0.2, -0.15) is 0 Å². The highest BCUT2D eigenvalue weighted by atomic mass is 16.7. The smallest absolute Gasteiger partial charge is 0.313 e. The highest BCUT2D eigenvalue weighted by Crippen LogP contribution is 2.14. The van der Waals surface area contributed by atoms with Crippen molar-refractivity contribution in [2.24, 2.45) is 0 Å². The normalized spacial score (nSPS) is 10.7. The molecule has 0 aromatic heterocycles. The molecule has 0 rings (SSSR count). The molecule has 0 radical (unpaired) electrons. The lowest BCUT2D eigenvalue weighted by Gasteiger charge is -2.08. The maximum Gasteiger partial charge on any atom is 0.313 e. The zero-order chi connectivity index (χ0) is 19.3. The van der Waals surface area contributed by atoms with E-state index in [1.165, 1.54) is 83.5 Å². The molecule has 3 heteroatoms. The van der Waals surface area contributed by atoms with Gasteiger partial charge in [-0.25, -0.2) is 0 Å². The van der Waals surface area contributed by atoms with Crippen molar-refractivity contribution in [2.45, 2.75) is 123 Å². The van der Waals surface area contributed by atoms with Crippen molar-refractivity contribution in [3.8, 4) is 0 Å². The number of unbranched alkanes of at least 4 members (excludes halogenated alkanes) is 14. The van der Waals surface area contributed by atoms with E-state index in [4.69, 9.17) is 9.47 Å². The Morgan fingerprint density at radius 3 is 1.50 bits per heavy atom. The van der Waals surface area contributed by atoms with Gasteiger partial charge in [-0.05, 0) is 19.4 Å². The summed E-state index contributed by atoms with van der Waals surface area (Å²) < 4.78 is 10.2. The Morgan fingerprint density at radius 2 is 1.08 bits per heavy atom. The Kier molecular flexibility index (Phi) is 19.5. The van der Waals surface area contributed by atoms with Gasteiger partial charge in [0.1, 0.15) is 0 Å². The molecule has 3 nitrogen and oxygen atoms in total. The van der Waals surface area contributed by atoms with Crippen LogP contribution in [0.15, 0.2) is 12.5 Å². The standard InChI is InChI=1S/C23H44O3/c1-4-6-7-8-9-10-11-12-13-14-15-16-17-18-19-20-23(24)26-22(3)25-21-5-2/h3-21H2,1-2H3. The molecule has 0 unspecified atom stereocenters. The molecule has 0 bridgehead atoms. The van der Waals surface area contributed by atoms with Crippen molar-refractivity contribution < 1.29 is 14.3 Å². The summed E-state index contributed by atoms with van der Waals surface area (Å²) in [7, 11) is 0. The molecule has 0 saturated carbocycles. The minimum absolute atomic E-state index is 0.137. The highest BCUT2D eigenvalue weighted by molar-refractivity contribution is 5.70. The molecule has 0 aliphatic heterocycles. The Labute approximate surface area is 162 Å². The first-order valence-electron chi connectivity index (χ1n) is 11.2. The molecule has 26 heavy (non-hydrogen) atoms. The third-order valence-electron chi connectivity index (χ3n) is 4.68. The molecule has 0 amide bonds. The van der Waals surface area contributed by atoms with Crippen molar-refractivity contribution >= 4 is 5.97 Å². The Balaban J connectivity index is 3.19. The first-order valence-corrected chi connectivity index (χ1v) is 11.2. The van der Waals surface area contributed by atoms with Gasteiger partial charge in [-0.3, -0.25) is 4.79 Å². The number of carbonyl (C=O) groups is 1. The second-order valence-electron chi connectivity index (χ2n) is 7.39. The molecule has 0 aromatic carbocycles. The molecule has 0 saturated heterocycles. The third kappa shape index (κ3) is 19.3. The van der Waals surface area contributed by atoms with Crippen LogP contribution in [0, 0.1) is 0 Å². The van der Waals surface area contributed by atoms with E-state index in [0.29, 0.717) is 13.0 Å². The lowest BCUT2D eigenvalue weighted by molar-refractivity contribution is -0.145. The topological polar surface area (TPSA) is 35.5 Å². The summed E-state index contributed by atoms with van der Waals surface area (Å²) in [6, 6.07) is 0. The van der Waals surface area contributed by atoms with Crippen LogP contribution < -0.4 is 0 Å². The number of hydrogen-bond donors (Lipinski definition) is 0. The summed E-state index contributed by atoms with van der Waals surface area (Å²) in [4.78, 5) is 11.6. The van der Waals surface area contributed by atoms with E-state index in [1.807, 2.05) is 6.92 Å².